The van der Waals surface area contributed by atoms with Crippen LogP contribution in [0.3, 0.4) is 0 Å². The number of unbranched alkanes of at least 4 members (excludes halogenated alkanes) is 12. The highest BCUT2D eigenvalue weighted by Gasteiger charge is 2.24. The molecule has 0 fully saturated rings. The van der Waals surface area contributed by atoms with Crippen molar-refractivity contribution < 1.29 is 4.74 Å². The Hall–Kier alpha value is -3.58. The van der Waals surface area contributed by atoms with E-state index in [-0.39, 0.29) is 0 Å². The molecule has 60 heavy (non-hydrogen) atoms. The van der Waals surface area contributed by atoms with Crippen LogP contribution in [0.1, 0.15) is 157 Å². The minimum atomic E-state index is 0.741. The molecule has 0 aliphatic carbocycles. The summed E-state index contributed by atoms with van der Waals surface area (Å²) in [4.78, 5) is 16.4. The quantitative estimate of drug-likeness (QED) is 0.0568. The van der Waals surface area contributed by atoms with E-state index in [4.69, 9.17) is 14.7 Å². The highest BCUT2D eigenvalue weighted by Crippen LogP contribution is 2.49. The van der Waals surface area contributed by atoms with Crippen LogP contribution in [0.5, 0.6) is 5.75 Å². The predicted molar refractivity (Wildman–Crippen MR) is 267 cm³/mol. The van der Waals surface area contributed by atoms with Crippen LogP contribution in [0.25, 0.3) is 63.5 Å². The maximum absolute atomic E-state index is 6.05. The van der Waals surface area contributed by atoms with Crippen molar-refractivity contribution in [3.8, 4) is 38.0 Å². The van der Waals surface area contributed by atoms with E-state index in [1.807, 2.05) is 34.0 Å². The molecule has 3 nitrogen and oxygen atoms in total. The fourth-order valence-corrected chi connectivity index (χ4v) is 12.3. The normalized spacial score (nSPS) is 11.8. The Kier molecular flexibility index (Phi) is 16.3. The number of ether oxygens (including phenoxy) is 1. The minimum absolute atomic E-state index is 0.741. The van der Waals surface area contributed by atoms with Crippen molar-refractivity contribution in [2.24, 2.45) is 0 Å². The van der Waals surface area contributed by atoms with Crippen molar-refractivity contribution in [1.29, 1.82) is 0 Å². The number of aryl methyl sites for hydroxylation is 5. The van der Waals surface area contributed by atoms with Crippen molar-refractivity contribution in [3.05, 3.63) is 87.1 Å². The number of hydrogen-bond donors (Lipinski definition) is 0. The number of benzene rings is 3. The van der Waals surface area contributed by atoms with Gasteiger partial charge in [-0.2, -0.15) is 0 Å². The highest BCUT2D eigenvalue weighted by atomic mass is 32.1. The van der Waals surface area contributed by atoms with E-state index < -0.39 is 0 Å². The summed E-state index contributed by atoms with van der Waals surface area (Å²) in [5.74, 6) is 0.905. The second kappa shape index (κ2) is 22.0. The SMILES string of the molecule is CCCCCCCCc1c(CCCCCCCC)c2cc(-c3sc(C)c4nc(-c5ccc(OCCCC)cc5)c(-c5ccc(CCCC)cc5)nc34)sc2c2sc(C)cc12. The molecule has 318 valence electrons. The first-order chi connectivity index (χ1) is 29.4. The van der Waals surface area contributed by atoms with Gasteiger partial charge in [-0.1, -0.05) is 129 Å². The lowest BCUT2D eigenvalue weighted by Gasteiger charge is -2.14. The predicted octanol–water partition coefficient (Wildman–Crippen LogP) is 18.1. The number of aromatic nitrogens is 2. The molecule has 0 saturated carbocycles. The summed E-state index contributed by atoms with van der Waals surface area (Å²) in [6.07, 6.45) is 24.0. The lowest BCUT2D eigenvalue weighted by Crippen LogP contribution is -1.98. The lowest BCUT2D eigenvalue weighted by atomic mass is 9.91. The second-order valence-electron chi connectivity index (χ2n) is 17.1. The number of fused-ring (bicyclic) bond motifs is 4. The van der Waals surface area contributed by atoms with E-state index in [0.29, 0.717) is 0 Å². The summed E-state index contributed by atoms with van der Waals surface area (Å²) in [5.41, 5.74) is 10.8. The van der Waals surface area contributed by atoms with Crippen LogP contribution in [0.2, 0.25) is 0 Å². The van der Waals surface area contributed by atoms with Crippen LogP contribution in [0.4, 0.5) is 0 Å². The topological polar surface area (TPSA) is 35.0 Å². The molecular formula is C54H68N2OS3. The standard InChI is InChI=1S/C54H68N2OS3/c1-7-11-15-17-19-21-24-43-44(25-22-20-18-16-12-8-2)46-36-47(60-53(46)52-45(43)35-37(5)58-52)54-51-48(38(6)59-54)55-49(41-30-32-42(33-31-41)57-34-14-10-4)50(56-51)40-28-26-39(27-29-40)23-13-9-3/h26-33,35-36H,7-25,34H2,1-6H3. The van der Waals surface area contributed by atoms with E-state index in [2.05, 4.69) is 102 Å². The maximum atomic E-state index is 6.05. The number of thiophene rings is 3. The third kappa shape index (κ3) is 10.5. The lowest BCUT2D eigenvalue weighted by molar-refractivity contribution is 0.309. The van der Waals surface area contributed by atoms with Crippen LogP contribution >= 0.6 is 34.0 Å². The van der Waals surface area contributed by atoms with Crippen LogP contribution in [-0.4, -0.2) is 16.6 Å². The Morgan fingerprint density at radius 2 is 1.03 bits per heavy atom. The molecular weight excluding hydrogens is 789 g/mol. The fraction of sp³-hybridized carbons (Fsp3) is 0.481. The third-order valence-corrected chi connectivity index (χ3v) is 15.8. The molecule has 4 heterocycles. The molecule has 3 aromatic carbocycles. The van der Waals surface area contributed by atoms with Crippen molar-refractivity contribution in [1.82, 2.24) is 9.97 Å². The molecule has 0 aliphatic rings. The highest BCUT2D eigenvalue weighted by molar-refractivity contribution is 7.31. The summed E-state index contributed by atoms with van der Waals surface area (Å²) in [6.45, 7) is 14.4. The van der Waals surface area contributed by atoms with Crippen molar-refractivity contribution in [2.45, 2.75) is 164 Å². The van der Waals surface area contributed by atoms with Gasteiger partial charge in [0.2, 0.25) is 0 Å². The molecule has 0 radical (unpaired) electrons. The third-order valence-electron chi connectivity index (χ3n) is 12.2. The van der Waals surface area contributed by atoms with E-state index in [0.717, 1.165) is 65.2 Å². The van der Waals surface area contributed by atoms with E-state index >= 15 is 0 Å². The van der Waals surface area contributed by atoms with Gasteiger partial charge in [-0.3, -0.25) is 0 Å². The maximum Gasteiger partial charge on any atom is 0.119 e. The Bertz CT molecular complexity index is 2430. The zero-order valence-electron chi connectivity index (χ0n) is 37.4. The van der Waals surface area contributed by atoms with Gasteiger partial charge in [0.05, 0.1) is 32.3 Å². The van der Waals surface area contributed by atoms with Gasteiger partial charge in [0.15, 0.2) is 0 Å². The van der Waals surface area contributed by atoms with Crippen LogP contribution < -0.4 is 4.74 Å². The van der Waals surface area contributed by atoms with Gasteiger partial charge < -0.3 is 4.74 Å². The Morgan fingerprint density at radius 1 is 0.500 bits per heavy atom. The smallest absolute Gasteiger partial charge is 0.119 e. The zero-order chi connectivity index (χ0) is 41.8. The van der Waals surface area contributed by atoms with Crippen LogP contribution in [0, 0.1) is 13.8 Å². The van der Waals surface area contributed by atoms with Gasteiger partial charge in [0.1, 0.15) is 16.8 Å². The molecule has 0 bridgehead atoms. The molecule has 0 spiro atoms. The van der Waals surface area contributed by atoms with Crippen molar-refractivity contribution in [3.63, 3.8) is 0 Å². The molecule has 4 aromatic heterocycles. The summed E-state index contributed by atoms with van der Waals surface area (Å²) < 4.78 is 9.01. The summed E-state index contributed by atoms with van der Waals surface area (Å²) in [7, 11) is 0. The molecule has 0 N–H and O–H groups in total. The first-order valence-corrected chi connectivity index (χ1v) is 26.0. The van der Waals surface area contributed by atoms with E-state index in [1.165, 1.54) is 148 Å². The van der Waals surface area contributed by atoms with Crippen molar-refractivity contribution in [2.75, 3.05) is 6.61 Å². The molecule has 7 aromatic rings. The van der Waals surface area contributed by atoms with E-state index in [9.17, 15) is 0 Å². The number of rotatable bonds is 24. The van der Waals surface area contributed by atoms with Crippen molar-refractivity contribution >= 4 is 65.2 Å². The van der Waals surface area contributed by atoms with Gasteiger partial charge in [0.25, 0.3) is 0 Å². The first-order valence-electron chi connectivity index (χ1n) is 23.5. The average molecular weight is 857 g/mol. The first kappa shape index (κ1) is 44.5. The monoisotopic (exact) mass is 856 g/mol. The Morgan fingerprint density at radius 3 is 1.65 bits per heavy atom. The summed E-state index contributed by atoms with van der Waals surface area (Å²) in [6, 6.07) is 22.7. The molecule has 0 unspecified atom stereocenters. The average Bonchev–Trinajstić information content (AvgIpc) is 3.97. The summed E-state index contributed by atoms with van der Waals surface area (Å²) >= 11 is 5.86. The van der Waals surface area contributed by atoms with Crippen LogP contribution in [-0.2, 0) is 19.3 Å². The fourth-order valence-electron chi connectivity index (χ4n) is 8.78. The zero-order valence-corrected chi connectivity index (χ0v) is 39.9. The Balaban J connectivity index is 1.33. The second-order valence-corrected chi connectivity index (χ2v) is 20.6. The largest absolute Gasteiger partial charge is 0.494 e. The van der Waals surface area contributed by atoms with Gasteiger partial charge in [0, 0.05) is 25.8 Å². The molecule has 0 amide bonds. The molecule has 0 saturated heterocycles. The summed E-state index contributed by atoms with van der Waals surface area (Å²) in [5, 5.41) is 3.02. The van der Waals surface area contributed by atoms with Gasteiger partial charge in [-0.25, -0.2) is 9.97 Å². The number of hydrogen-bond acceptors (Lipinski definition) is 6. The van der Waals surface area contributed by atoms with Gasteiger partial charge in [-0.05, 0) is 123 Å². The number of nitrogens with zero attached hydrogens (tertiary/aromatic N) is 2. The van der Waals surface area contributed by atoms with Gasteiger partial charge in [-0.15, -0.1) is 34.0 Å². The molecule has 7 rings (SSSR count). The Labute approximate surface area is 373 Å². The van der Waals surface area contributed by atoms with Crippen LogP contribution in [0.15, 0.2) is 60.7 Å². The molecule has 6 heteroatoms. The molecule has 0 aliphatic heterocycles. The van der Waals surface area contributed by atoms with Gasteiger partial charge >= 0.3 is 0 Å². The van der Waals surface area contributed by atoms with E-state index in [1.54, 1.807) is 11.1 Å². The molecule has 0 atom stereocenters. The minimum Gasteiger partial charge on any atom is -0.494 e.